The molecular formula is C19H16ClFN6OS2. The molecule has 0 saturated carbocycles. The molecule has 154 valence electrons. The second-order valence-electron chi connectivity index (χ2n) is 6.46. The van der Waals surface area contributed by atoms with Crippen molar-refractivity contribution in [2.75, 3.05) is 11.6 Å². The first kappa shape index (κ1) is 20.7. The molecule has 30 heavy (non-hydrogen) atoms. The standard InChI is InChI=1S/C19H16ClFN6OS2/c1-9-12(10(2)27-17(22-9)25-19(26-27)29-3)7-16(28)24-18-23-15(8-30-18)11-4-5-14(21)13(20)6-11/h4-6,8H,7H2,1-3H3,(H,23,24,28). The van der Waals surface area contributed by atoms with Crippen LogP contribution in [0.15, 0.2) is 28.7 Å². The van der Waals surface area contributed by atoms with Crippen LogP contribution < -0.4 is 5.32 Å². The molecule has 0 aliphatic rings. The van der Waals surface area contributed by atoms with Gasteiger partial charge in [-0.2, -0.15) is 4.98 Å². The summed E-state index contributed by atoms with van der Waals surface area (Å²) < 4.78 is 15.0. The molecule has 0 fully saturated rings. The first-order valence-corrected chi connectivity index (χ1v) is 11.3. The van der Waals surface area contributed by atoms with Gasteiger partial charge in [0, 0.05) is 27.9 Å². The number of nitrogens with one attached hydrogen (secondary N) is 1. The van der Waals surface area contributed by atoms with Gasteiger partial charge in [0.1, 0.15) is 5.82 Å². The van der Waals surface area contributed by atoms with Gasteiger partial charge >= 0.3 is 0 Å². The lowest BCUT2D eigenvalue weighted by molar-refractivity contribution is -0.115. The fourth-order valence-corrected chi connectivity index (χ4v) is 4.23. The lowest BCUT2D eigenvalue weighted by atomic mass is 10.1. The maximum absolute atomic E-state index is 13.4. The zero-order chi connectivity index (χ0) is 21.4. The number of carbonyl (C=O) groups is 1. The summed E-state index contributed by atoms with van der Waals surface area (Å²) in [6.07, 6.45) is 2.03. The van der Waals surface area contributed by atoms with Crippen LogP contribution in [0, 0.1) is 19.7 Å². The van der Waals surface area contributed by atoms with E-state index in [4.69, 9.17) is 11.6 Å². The second kappa shape index (κ2) is 8.29. The summed E-state index contributed by atoms with van der Waals surface area (Å²) in [6.45, 7) is 3.74. The van der Waals surface area contributed by atoms with E-state index in [1.807, 2.05) is 20.1 Å². The van der Waals surface area contributed by atoms with Crippen LogP contribution in [-0.4, -0.2) is 36.7 Å². The summed E-state index contributed by atoms with van der Waals surface area (Å²) in [6, 6.07) is 4.39. The largest absolute Gasteiger partial charge is 0.302 e. The lowest BCUT2D eigenvalue weighted by Gasteiger charge is -2.09. The van der Waals surface area contributed by atoms with Crippen molar-refractivity contribution in [1.82, 2.24) is 24.6 Å². The smallest absolute Gasteiger partial charge is 0.253 e. The van der Waals surface area contributed by atoms with Crippen LogP contribution in [0.4, 0.5) is 9.52 Å². The first-order valence-electron chi connectivity index (χ1n) is 8.83. The number of aromatic nitrogens is 5. The Kier molecular flexibility index (Phi) is 5.72. The molecule has 11 heteroatoms. The number of halogens is 2. The molecule has 4 rings (SSSR count). The molecule has 7 nitrogen and oxygen atoms in total. The highest BCUT2D eigenvalue weighted by molar-refractivity contribution is 7.98. The maximum Gasteiger partial charge on any atom is 0.253 e. The Labute approximate surface area is 184 Å². The summed E-state index contributed by atoms with van der Waals surface area (Å²) in [5.74, 6) is -0.191. The third-order valence-electron chi connectivity index (χ3n) is 4.52. The number of rotatable bonds is 5. The van der Waals surface area contributed by atoms with Crippen LogP contribution in [0.25, 0.3) is 17.0 Å². The van der Waals surface area contributed by atoms with Gasteiger partial charge in [-0.25, -0.2) is 18.9 Å². The van der Waals surface area contributed by atoms with Crippen molar-refractivity contribution in [3.8, 4) is 11.3 Å². The highest BCUT2D eigenvalue weighted by Gasteiger charge is 2.17. The molecule has 1 aromatic carbocycles. The van der Waals surface area contributed by atoms with Gasteiger partial charge in [0.25, 0.3) is 5.78 Å². The Morgan fingerprint density at radius 2 is 2.10 bits per heavy atom. The average Bonchev–Trinajstić information content (AvgIpc) is 3.34. The summed E-state index contributed by atoms with van der Waals surface area (Å²) in [5.41, 5.74) is 3.63. The van der Waals surface area contributed by atoms with Crippen molar-refractivity contribution in [2.45, 2.75) is 25.4 Å². The van der Waals surface area contributed by atoms with Crippen molar-refractivity contribution in [1.29, 1.82) is 0 Å². The van der Waals surface area contributed by atoms with Crippen LogP contribution in [0.2, 0.25) is 5.02 Å². The molecule has 0 spiro atoms. The molecule has 0 aliphatic heterocycles. The number of amides is 1. The Morgan fingerprint density at radius 3 is 2.83 bits per heavy atom. The minimum absolute atomic E-state index is 0.0256. The predicted octanol–water partition coefficient (Wildman–Crippen LogP) is 4.56. The molecule has 0 saturated heterocycles. The monoisotopic (exact) mass is 462 g/mol. The number of aryl methyl sites for hydroxylation is 2. The minimum atomic E-state index is -0.488. The van der Waals surface area contributed by atoms with Crippen molar-refractivity contribution < 1.29 is 9.18 Å². The quantitative estimate of drug-likeness (QED) is 0.437. The summed E-state index contributed by atoms with van der Waals surface area (Å²) >= 11 is 8.56. The Balaban J connectivity index is 1.53. The number of hydrogen-bond donors (Lipinski definition) is 1. The number of anilines is 1. The van der Waals surface area contributed by atoms with Crippen molar-refractivity contribution in [2.24, 2.45) is 0 Å². The molecular weight excluding hydrogens is 447 g/mol. The molecule has 0 radical (unpaired) electrons. The van der Waals surface area contributed by atoms with Crippen LogP contribution in [0.3, 0.4) is 0 Å². The van der Waals surface area contributed by atoms with E-state index in [-0.39, 0.29) is 17.4 Å². The van der Waals surface area contributed by atoms with Crippen molar-refractivity contribution in [3.63, 3.8) is 0 Å². The van der Waals surface area contributed by atoms with Gasteiger partial charge in [-0.1, -0.05) is 23.4 Å². The Morgan fingerprint density at radius 1 is 1.30 bits per heavy atom. The molecule has 3 aromatic heterocycles. The van der Waals surface area contributed by atoms with Gasteiger partial charge in [0.05, 0.1) is 17.1 Å². The van der Waals surface area contributed by atoms with Crippen molar-refractivity contribution >= 4 is 51.5 Å². The maximum atomic E-state index is 13.4. The molecule has 1 N–H and O–H groups in total. The second-order valence-corrected chi connectivity index (χ2v) is 8.50. The number of thiazole rings is 1. The average molecular weight is 463 g/mol. The van der Waals surface area contributed by atoms with Crippen LogP contribution in [0.1, 0.15) is 17.0 Å². The summed E-state index contributed by atoms with van der Waals surface area (Å²) in [7, 11) is 0. The summed E-state index contributed by atoms with van der Waals surface area (Å²) in [4.78, 5) is 25.8. The zero-order valence-corrected chi connectivity index (χ0v) is 18.6. The van der Waals surface area contributed by atoms with Crippen molar-refractivity contribution in [3.05, 3.63) is 51.4 Å². The summed E-state index contributed by atoms with van der Waals surface area (Å²) in [5, 5.41) is 10.1. The van der Waals surface area contributed by atoms with E-state index in [0.717, 1.165) is 17.0 Å². The van der Waals surface area contributed by atoms with E-state index in [0.29, 0.717) is 27.3 Å². The molecule has 4 aromatic rings. The van der Waals surface area contributed by atoms with Gasteiger partial charge in [0.2, 0.25) is 11.1 Å². The van der Waals surface area contributed by atoms with Gasteiger partial charge in [0.15, 0.2) is 5.13 Å². The topological polar surface area (TPSA) is 85.1 Å². The van der Waals surface area contributed by atoms with Gasteiger partial charge in [-0.05, 0) is 38.3 Å². The number of benzene rings is 1. The van der Waals surface area contributed by atoms with E-state index in [9.17, 15) is 9.18 Å². The molecule has 0 bridgehead atoms. The van der Waals surface area contributed by atoms with E-state index in [1.165, 1.54) is 35.2 Å². The molecule has 3 heterocycles. The number of carbonyl (C=O) groups excluding carboxylic acids is 1. The van der Waals surface area contributed by atoms with Gasteiger partial charge in [-0.15, -0.1) is 16.4 Å². The molecule has 0 atom stereocenters. The van der Waals surface area contributed by atoms with E-state index in [2.05, 4.69) is 25.4 Å². The number of hydrogen-bond acceptors (Lipinski definition) is 7. The van der Waals surface area contributed by atoms with Crippen LogP contribution in [0.5, 0.6) is 0 Å². The van der Waals surface area contributed by atoms with E-state index >= 15 is 0 Å². The highest BCUT2D eigenvalue weighted by Crippen LogP contribution is 2.28. The number of nitrogens with zero attached hydrogens (tertiary/aromatic N) is 5. The fraction of sp³-hybridized carbons (Fsp3) is 0.211. The first-order chi connectivity index (χ1) is 14.4. The molecule has 0 aliphatic carbocycles. The predicted molar refractivity (Wildman–Crippen MR) is 117 cm³/mol. The zero-order valence-electron chi connectivity index (χ0n) is 16.2. The van der Waals surface area contributed by atoms with Gasteiger partial charge in [-0.3, -0.25) is 4.79 Å². The molecule has 1 amide bonds. The molecule has 0 unspecified atom stereocenters. The normalized spacial score (nSPS) is 11.2. The number of thioether (sulfide) groups is 1. The number of fused-ring (bicyclic) bond motifs is 1. The minimum Gasteiger partial charge on any atom is -0.302 e. The highest BCUT2D eigenvalue weighted by atomic mass is 35.5. The third-order valence-corrected chi connectivity index (χ3v) is 6.10. The fourth-order valence-electron chi connectivity index (χ4n) is 2.98. The van der Waals surface area contributed by atoms with Gasteiger partial charge < -0.3 is 5.32 Å². The third kappa shape index (κ3) is 4.03. The van der Waals surface area contributed by atoms with Crippen LogP contribution >= 0.6 is 34.7 Å². The van der Waals surface area contributed by atoms with E-state index < -0.39 is 5.82 Å². The Hall–Kier alpha value is -2.56. The SMILES string of the molecule is CSc1nc2nc(C)c(CC(=O)Nc3nc(-c4ccc(F)c(Cl)c4)cs3)c(C)n2n1. The van der Waals surface area contributed by atoms with E-state index in [1.54, 1.807) is 16.0 Å². The lowest BCUT2D eigenvalue weighted by Crippen LogP contribution is -2.17. The Bertz CT molecular complexity index is 1270. The van der Waals surface area contributed by atoms with Crippen LogP contribution in [-0.2, 0) is 11.2 Å².